The summed E-state index contributed by atoms with van der Waals surface area (Å²) in [5.74, 6) is 0.498. The van der Waals surface area contributed by atoms with Crippen LogP contribution in [0.15, 0.2) is 0 Å². The number of carbonyl (C=O) groups is 1. The van der Waals surface area contributed by atoms with Gasteiger partial charge in [0, 0.05) is 13.1 Å². The van der Waals surface area contributed by atoms with Gasteiger partial charge < -0.3 is 4.90 Å². The van der Waals surface area contributed by atoms with Crippen molar-refractivity contribution in [1.82, 2.24) is 4.90 Å². The molecule has 3 nitrogen and oxygen atoms in total. The topological polar surface area (TPSA) is 44.1 Å². The SMILES string of the molecule is CC(C)CN(CCC#N)C(=O)C(C)Br. The van der Waals surface area contributed by atoms with E-state index in [1.807, 2.05) is 6.92 Å². The van der Waals surface area contributed by atoms with Crippen LogP contribution < -0.4 is 0 Å². The first-order valence-corrected chi connectivity index (χ1v) is 5.70. The van der Waals surface area contributed by atoms with E-state index in [1.165, 1.54) is 0 Å². The Balaban J connectivity index is 4.24. The Hall–Kier alpha value is -0.560. The Kier molecular flexibility index (Phi) is 6.56. The lowest BCUT2D eigenvalue weighted by atomic mass is 10.2. The molecule has 0 aliphatic heterocycles. The molecule has 80 valence electrons. The van der Waals surface area contributed by atoms with Crippen molar-refractivity contribution in [3.63, 3.8) is 0 Å². The lowest BCUT2D eigenvalue weighted by Gasteiger charge is -2.24. The number of nitriles is 1. The van der Waals surface area contributed by atoms with Crippen LogP contribution in [-0.2, 0) is 4.79 Å². The first kappa shape index (κ1) is 13.4. The maximum atomic E-state index is 11.7. The molecule has 0 N–H and O–H groups in total. The van der Waals surface area contributed by atoms with E-state index < -0.39 is 0 Å². The second-order valence-electron chi connectivity index (χ2n) is 3.70. The van der Waals surface area contributed by atoms with Gasteiger partial charge >= 0.3 is 0 Å². The van der Waals surface area contributed by atoms with Gasteiger partial charge in [0.25, 0.3) is 0 Å². The molecule has 0 aliphatic carbocycles. The zero-order valence-electron chi connectivity index (χ0n) is 8.96. The Morgan fingerprint density at radius 2 is 2.07 bits per heavy atom. The second-order valence-corrected chi connectivity index (χ2v) is 5.08. The molecule has 0 fully saturated rings. The molecule has 0 aromatic heterocycles. The van der Waals surface area contributed by atoms with Crippen molar-refractivity contribution in [2.45, 2.75) is 32.0 Å². The summed E-state index contributed by atoms with van der Waals surface area (Å²) in [6.07, 6.45) is 0.401. The first-order valence-electron chi connectivity index (χ1n) is 4.78. The van der Waals surface area contributed by atoms with Gasteiger partial charge in [-0.3, -0.25) is 4.79 Å². The standard InChI is InChI=1S/C10H17BrN2O/c1-8(2)7-13(6-4-5-12)10(14)9(3)11/h8-9H,4,6-7H2,1-3H3. The van der Waals surface area contributed by atoms with Gasteiger partial charge in [0.15, 0.2) is 0 Å². The van der Waals surface area contributed by atoms with Crippen LogP contribution in [0.2, 0.25) is 0 Å². The molecule has 0 saturated heterocycles. The smallest absolute Gasteiger partial charge is 0.236 e. The summed E-state index contributed by atoms with van der Waals surface area (Å²) in [5.41, 5.74) is 0. The Labute approximate surface area is 94.2 Å². The number of hydrogen-bond acceptors (Lipinski definition) is 2. The van der Waals surface area contributed by atoms with Gasteiger partial charge in [0.1, 0.15) is 0 Å². The fourth-order valence-corrected chi connectivity index (χ4v) is 1.46. The molecule has 0 heterocycles. The van der Waals surface area contributed by atoms with Gasteiger partial charge in [-0.15, -0.1) is 0 Å². The molecule has 1 atom stereocenters. The third kappa shape index (κ3) is 5.23. The van der Waals surface area contributed by atoms with Crippen LogP contribution in [0.1, 0.15) is 27.2 Å². The normalized spacial score (nSPS) is 12.3. The fraction of sp³-hybridized carbons (Fsp3) is 0.800. The van der Waals surface area contributed by atoms with Crippen LogP contribution in [0.3, 0.4) is 0 Å². The van der Waals surface area contributed by atoms with Gasteiger partial charge in [0.2, 0.25) is 5.91 Å². The number of rotatable bonds is 5. The van der Waals surface area contributed by atoms with Crippen molar-refractivity contribution < 1.29 is 4.79 Å². The van der Waals surface area contributed by atoms with Crippen LogP contribution in [0.5, 0.6) is 0 Å². The quantitative estimate of drug-likeness (QED) is 0.712. The predicted octanol–water partition coefficient (Wildman–Crippen LogP) is 2.17. The number of alkyl halides is 1. The summed E-state index contributed by atoms with van der Waals surface area (Å²) in [4.78, 5) is 13.2. The summed E-state index contributed by atoms with van der Waals surface area (Å²) >= 11 is 3.25. The number of amides is 1. The summed E-state index contributed by atoms with van der Waals surface area (Å²) in [6, 6.07) is 2.06. The summed E-state index contributed by atoms with van der Waals surface area (Å²) < 4.78 is 0. The summed E-state index contributed by atoms with van der Waals surface area (Å²) in [5, 5.41) is 8.47. The molecule has 0 spiro atoms. The highest BCUT2D eigenvalue weighted by Crippen LogP contribution is 2.07. The largest absolute Gasteiger partial charge is 0.340 e. The van der Waals surface area contributed by atoms with Crippen LogP contribution in [0, 0.1) is 17.2 Å². The first-order chi connectivity index (χ1) is 6.49. The molecule has 0 saturated carbocycles. The average molecular weight is 261 g/mol. The van der Waals surface area contributed by atoms with E-state index in [-0.39, 0.29) is 10.7 Å². The molecular weight excluding hydrogens is 244 g/mol. The van der Waals surface area contributed by atoms with E-state index >= 15 is 0 Å². The Morgan fingerprint density at radius 3 is 2.43 bits per heavy atom. The number of halogens is 1. The highest BCUT2D eigenvalue weighted by atomic mass is 79.9. The number of carbonyl (C=O) groups excluding carboxylic acids is 1. The van der Waals surface area contributed by atoms with Gasteiger partial charge in [-0.2, -0.15) is 5.26 Å². The molecule has 0 aromatic carbocycles. The molecule has 1 unspecified atom stereocenters. The zero-order valence-corrected chi connectivity index (χ0v) is 10.5. The van der Waals surface area contributed by atoms with Crippen LogP contribution >= 0.6 is 15.9 Å². The summed E-state index contributed by atoms with van der Waals surface area (Å²) in [6.45, 7) is 7.18. The monoisotopic (exact) mass is 260 g/mol. The van der Waals surface area contributed by atoms with E-state index in [1.54, 1.807) is 4.90 Å². The Morgan fingerprint density at radius 1 is 1.50 bits per heavy atom. The molecule has 14 heavy (non-hydrogen) atoms. The second kappa shape index (κ2) is 6.83. The molecule has 1 amide bonds. The van der Waals surface area contributed by atoms with Crippen molar-refractivity contribution in [2.75, 3.05) is 13.1 Å². The highest BCUT2D eigenvalue weighted by Gasteiger charge is 2.18. The Bertz CT molecular complexity index is 221. The predicted molar refractivity (Wildman–Crippen MR) is 60.0 cm³/mol. The molecule has 0 rings (SSSR count). The van der Waals surface area contributed by atoms with Crippen LogP contribution in [0.4, 0.5) is 0 Å². The van der Waals surface area contributed by atoms with E-state index in [4.69, 9.17) is 5.26 Å². The van der Waals surface area contributed by atoms with Crippen molar-refractivity contribution in [2.24, 2.45) is 5.92 Å². The maximum Gasteiger partial charge on any atom is 0.236 e. The van der Waals surface area contributed by atoms with Gasteiger partial charge in [0.05, 0.1) is 17.3 Å². The number of nitrogens with zero attached hydrogens (tertiary/aromatic N) is 2. The van der Waals surface area contributed by atoms with E-state index in [0.717, 1.165) is 6.54 Å². The van der Waals surface area contributed by atoms with Crippen molar-refractivity contribution >= 4 is 21.8 Å². The van der Waals surface area contributed by atoms with Gasteiger partial charge in [-0.1, -0.05) is 29.8 Å². The van der Waals surface area contributed by atoms with Crippen molar-refractivity contribution in [3.8, 4) is 6.07 Å². The van der Waals surface area contributed by atoms with E-state index in [0.29, 0.717) is 18.9 Å². The van der Waals surface area contributed by atoms with Gasteiger partial charge in [-0.25, -0.2) is 0 Å². The average Bonchev–Trinajstić information content (AvgIpc) is 2.10. The van der Waals surface area contributed by atoms with Crippen molar-refractivity contribution in [1.29, 1.82) is 5.26 Å². The third-order valence-corrected chi connectivity index (χ3v) is 2.12. The minimum Gasteiger partial charge on any atom is -0.340 e. The minimum absolute atomic E-state index is 0.0638. The van der Waals surface area contributed by atoms with E-state index in [9.17, 15) is 4.79 Å². The van der Waals surface area contributed by atoms with Crippen LogP contribution in [-0.4, -0.2) is 28.7 Å². The zero-order chi connectivity index (χ0) is 11.1. The molecule has 0 aliphatic rings. The lowest BCUT2D eigenvalue weighted by molar-refractivity contribution is -0.130. The number of hydrogen-bond donors (Lipinski definition) is 0. The minimum atomic E-state index is -0.167. The lowest BCUT2D eigenvalue weighted by Crippen LogP contribution is -2.38. The molecular formula is C10H17BrN2O. The third-order valence-electron chi connectivity index (χ3n) is 1.73. The van der Waals surface area contributed by atoms with Gasteiger partial charge in [-0.05, 0) is 12.8 Å². The molecule has 0 bridgehead atoms. The molecule has 0 aromatic rings. The van der Waals surface area contributed by atoms with Crippen LogP contribution in [0.25, 0.3) is 0 Å². The molecule has 4 heteroatoms. The summed E-state index contributed by atoms with van der Waals surface area (Å²) in [7, 11) is 0. The van der Waals surface area contributed by atoms with E-state index in [2.05, 4.69) is 35.8 Å². The maximum absolute atomic E-state index is 11.7. The highest BCUT2D eigenvalue weighted by molar-refractivity contribution is 9.10. The van der Waals surface area contributed by atoms with Crippen molar-refractivity contribution in [3.05, 3.63) is 0 Å². The molecule has 0 radical (unpaired) electrons. The fourth-order valence-electron chi connectivity index (χ4n) is 1.17.